The molecule has 0 saturated heterocycles. The van der Waals surface area contributed by atoms with Gasteiger partial charge in [-0.25, -0.2) is 4.98 Å². The van der Waals surface area contributed by atoms with Gasteiger partial charge in [0.25, 0.3) is 0 Å². The predicted molar refractivity (Wildman–Crippen MR) is 99.3 cm³/mol. The predicted octanol–water partition coefficient (Wildman–Crippen LogP) is 4.42. The van der Waals surface area contributed by atoms with Crippen molar-refractivity contribution in [3.8, 4) is 17.0 Å². The summed E-state index contributed by atoms with van der Waals surface area (Å²) in [6.07, 6.45) is 1.75. The first kappa shape index (κ1) is 17.8. The molecule has 1 saturated carbocycles. The van der Waals surface area contributed by atoms with Gasteiger partial charge in [-0.05, 0) is 23.5 Å². The molecule has 2 aromatic rings. The number of Topliss-reactive ketones (excluding diaryl/α,β-unsaturated/α-hetero) is 2. The van der Waals surface area contributed by atoms with Crippen LogP contribution in [0.2, 0.25) is 0 Å². The molecule has 1 fully saturated rings. The second-order valence-electron chi connectivity index (χ2n) is 7.33. The Morgan fingerprint density at radius 2 is 1.92 bits per heavy atom. The summed E-state index contributed by atoms with van der Waals surface area (Å²) < 4.78 is 5.45. The first-order valence-electron chi connectivity index (χ1n) is 8.53. The number of nitrogens with zero attached hydrogens (tertiary/aromatic N) is 1. The zero-order valence-corrected chi connectivity index (χ0v) is 15.9. The third-order valence-corrected chi connectivity index (χ3v) is 5.59. The van der Waals surface area contributed by atoms with E-state index in [-0.39, 0.29) is 17.0 Å². The molecule has 0 spiro atoms. The normalized spacial score (nSPS) is 17.8. The molecular weight excluding hydrogens is 334 g/mol. The maximum atomic E-state index is 12.5. The van der Waals surface area contributed by atoms with Crippen LogP contribution in [-0.2, 0) is 16.0 Å². The summed E-state index contributed by atoms with van der Waals surface area (Å²) in [4.78, 5) is 29.6. The van der Waals surface area contributed by atoms with Gasteiger partial charge in [0, 0.05) is 23.8 Å². The van der Waals surface area contributed by atoms with E-state index >= 15 is 0 Å². The van der Waals surface area contributed by atoms with Crippen molar-refractivity contribution in [2.24, 2.45) is 5.41 Å². The Hall–Kier alpha value is -2.01. The molecule has 0 bridgehead atoms. The number of hydrogen-bond donors (Lipinski definition) is 0. The van der Waals surface area contributed by atoms with Crippen molar-refractivity contribution in [1.29, 1.82) is 0 Å². The standard InChI is InChI=1S/C20H23NO3S/c1-5-12-6-7-13(8-17(12)24-4)14-11-25-19(21-14)18-15(22)9-20(2,3)10-16(18)23/h6-8,11,18H,5,9-10H2,1-4H3. The molecule has 5 heteroatoms. The lowest BCUT2D eigenvalue weighted by molar-refractivity contribution is -0.135. The molecule has 1 aromatic carbocycles. The fraction of sp³-hybridized carbons (Fsp3) is 0.450. The van der Waals surface area contributed by atoms with Crippen molar-refractivity contribution in [1.82, 2.24) is 4.98 Å². The largest absolute Gasteiger partial charge is 0.496 e. The number of aromatic nitrogens is 1. The second kappa shape index (κ2) is 6.71. The number of carbonyl (C=O) groups excluding carboxylic acids is 2. The van der Waals surface area contributed by atoms with E-state index in [9.17, 15) is 9.59 Å². The zero-order valence-electron chi connectivity index (χ0n) is 15.1. The molecule has 1 heterocycles. The fourth-order valence-electron chi connectivity index (χ4n) is 3.41. The Bertz CT molecular complexity index is 802. The number of ketones is 2. The van der Waals surface area contributed by atoms with Crippen LogP contribution in [0, 0.1) is 5.41 Å². The average molecular weight is 357 g/mol. The number of thiazole rings is 1. The van der Waals surface area contributed by atoms with Gasteiger partial charge in [0.2, 0.25) is 0 Å². The van der Waals surface area contributed by atoms with Crippen LogP contribution in [0.4, 0.5) is 0 Å². The maximum Gasteiger partial charge on any atom is 0.150 e. The van der Waals surface area contributed by atoms with Gasteiger partial charge in [0.05, 0.1) is 12.8 Å². The molecule has 0 amide bonds. The van der Waals surface area contributed by atoms with Crippen LogP contribution in [0.25, 0.3) is 11.3 Å². The Labute approximate surface area is 152 Å². The van der Waals surface area contributed by atoms with Crippen molar-refractivity contribution in [3.05, 3.63) is 34.2 Å². The molecular formula is C20H23NO3S. The van der Waals surface area contributed by atoms with Crippen molar-refractivity contribution in [2.75, 3.05) is 7.11 Å². The number of hydrogen-bond acceptors (Lipinski definition) is 5. The monoisotopic (exact) mass is 357 g/mol. The van der Waals surface area contributed by atoms with Crippen LogP contribution in [0.15, 0.2) is 23.6 Å². The number of carbonyl (C=O) groups is 2. The topological polar surface area (TPSA) is 56.3 Å². The molecule has 0 unspecified atom stereocenters. The molecule has 25 heavy (non-hydrogen) atoms. The van der Waals surface area contributed by atoms with Crippen LogP contribution in [0.3, 0.4) is 0 Å². The quantitative estimate of drug-likeness (QED) is 0.760. The summed E-state index contributed by atoms with van der Waals surface area (Å²) in [6, 6.07) is 6.01. The van der Waals surface area contributed by atoms with Crippen LogP contribution in [-0.4, -0.2) is 23.7 Å². The minimum atomic E-state index is -0.691. The minimum absolute atomic E-state index is 0.0129. The van der Waals surface area contributed by atoms with Gasteiger partial charge in [0.15, 0.2) is 11.6 Å². The Kier molecular flexibility index (Phi) is 4.78. The highest BCUT2D eigenvalue weighted by Crippen LogP contribution is 2.40. The summed E-state index contributed by atoms with van der Waals surface area (Å²) >= 11 is 1.39. The van der Waals surface area contributed by atoms with Gasteiger partial charge in [-0.3, -0.25) is 9.59 Å². The lowest BCUT2D eigenvalue weighted by Gasteiger charge is -2.31. The van der Waals surface area contributed by atoms with E-state index < -0.39 is 5.92 Å². The number of ether oxygens (including phenoxy) is 1. The van der Waals surface area contributed by atoms with Gasteiger partial charge in [-0.15, -0.1) is 11.3 Å². The van der Waals surface area contributed by atoms with Crippen molar-refractivity contribution in [2.45, 2.75) is 46.0 Å². The van der Waals surface area contributed by atoms with Gasteiger partial charge < -0.3 is 4.74 Å². The van der Waals surface area contributed by atoms with Crippen LogP contribution in [0.5, 0.6) is 5.75 Å². The molecule has 1 aromatic heterocycles. The van der Waals surface area contributed by atoms with Crippen LogP contribution in [0.1, 0.15) is 50.1 Å². The second-order valence-corrected chi connectivity index (χ2v) is 8.22. The number of benzene rings is 1. The van der Waals surface area contributed by atoms with Crippen molar-refractivity contribution in [3.63, 3.8) is 0 Å². The lowest BCUT2D eigenvalue weighted by Crippen LogP contribution is -2.36. The third kappa shape index (κ3) is 3.52. The zero-order chi connectivity index (χ0) is 18.2. The van der Waals surface area contributed by atoms with Gasteiger partial charge in [0.1, 0.15) is 16.7 Å². The average Bonchev–Trinajstić information content (AvgIpc) is 3.01. The Morgan fingerprint density at radius 3 is 2.52 bits per heavy atom. The first-order valence-corrected chi connectivity index (χ1v) is 9.40. The maximum absolute atomic E-state index is 12.5. The van der Waals surface area contributed by atoms with E-state index in [0.29, 0.717) is 17.8 Å². The highest BCUT2D eigenvalue weighted by atomic mass is 32.1. The van der Waals surface area contributed by atoms with Gasteiger partial charge in [-0.1, -0.05) is 32.9 Å². The molecule has 3 rings (SSSR count). The summed E-state index contributed by atoms with van der Waals surface area (Å²) in [5, 5.41) is 2.52. The minimum Gasteiger partial charge on any atom is -0.496 e. The molecule has 4 nitrogen and oxygen atoms in total. The van der Waals surface area contributed by atoms with E-state index in [2.05, 4.69) is 11.9 Å². The Balaban J connectivity index is 1.90. The van der Waals surface area contributed by atoms with Crippen molar-refractivity contribution < 1.29 is 14.3 Å². The van der Waals surface area contributed by atoms with E-state index in [0.717, 1.165) is 29.0 Å². The van der Waals surface area contributed by atoms with E-state index in [1.54, 1.807) is 7.11 Å². The molecule has 1 aliphatic rings. The molecule has 0 N–H and O–H groups in total. The molecule has 0 atom stereocenters. The number of rotatable bonds is 4. The molecule has 1 aliphatic carbocycles. The fourth-order valence-corrected chi connectivity index (χ4v) is 4.38. The summed E-state index contributed by atoms with van der Waals surface area (Å²) in [5.74, 6) is 0.117. The third-order valence-electron chi connectivity index (χ3n) is 4.68. The van der Waals surface area contributed by atoms with Gasteiger partial charge in [-0.2, -0.15) is 0 Å². The summed E-state index contributed by atoms with van der Waals surface area (Å²) in [5.41, 5.74) is 2.62. The van der Waals surface area contributed by atoms with Crippen molar-refractivity contribution >= 4 is 22.9 Å². The smallest absolute Gasteiger partial charge is 0.150 e. The highest BCUT2D eigenvalue weighted by molar-refractivity contribution is 7.10. The lowest BCUT2D eigenvalue weighted by atomic mass is 9.72. The van der Waals surface area contributed by atoms with E-state index in [4.69, 9.17) is 4.74 Å². The van der Waals surface area contributed by atoms with E-state index in [1.807, 2.05) is 37.4 Å². The van der Waals surface area contributed by atoms with Gasteiger partial charge >= 0.3 is 0 Å². The van der Waals surface area contributed by atoms with Crippen LogP contribution >= 0.6 is 11.3 Å². The summed E-state index contributed by atoms with van der Waals surface area (Å²) in [6.45, 7) is 6.02. The SMILES string of the molecule is CCc1ccc(-c2csc(C3C(=O)CC(C)(C)CC3=O)n2)cc1OC. The molecule has 0 radical (unpaired) electrons. The summed E-state index contributed by atoms with van der Waals surface area (Å²) in [7, 11) is 1.66. The first-order chi connectivity index (χ1) is 11.8. The van der Waals surface area contributed by atoms with E-state index in [1.165, 1.54) is 11.3 Å². The Morgan fingerprint density at radius 1 is 1.24 bits per heavy atom. The molecule has 132 valence electrons. The molecule has 0 aliphatic heterocycles. The highest BCUT2D eigenvalue weighted by Gasteiger charge is 2.41. The number of aryl methyl sites for hydroxylation is 1. The van der Waals surface area contributed by atoms with Crippen LogP contribution < -0.4 is 4.74 Å². The number of methoxy groups -OCH3 is 1.